The number of hydrogen-bond acceptors (Lipinski definition) is 4. The van der Waals surface area contributed by atoms with Gasteiger partial charge in [0.1, 0.15) is 12.0 Å². The molecule has 0 heterocycles. The molecular weight excluding hydrogens is 261 g/mol. The molecule has 0 amide bonds. The van der Waals surface area contributed by atoms with Crippen LogP contribution in [0.3, 0.4) is 0 Å². The summed E-state index contributed by atoms with van der Waals surface area (Å²) in [5, 5.41) is 0. The topological polar surface area (TPSA) is 60.4 Å². The lowest BCUT2D eigenvalue weighted by Gasteiger charge is -2.11. The van der Waals surface area contributed by atoms with Crippen LogP contribution in [0.4, 0.5) is 13.2 Å². The summed E-state index contributed by atoms with van der Waals surface area (Å²) in [6, 6.07) is 3.58. The van der Waals surface area contributed by atoms with Gasteiger partial charge in [0.25, 0.3) is 0 Å². The van der Waals surface area contributed by atoms with Crippen LogP contribution in [0.25, 0.3) is 0 Å². The zero-order chi connectivity index (χ0) is 13.3. The number of benzene rings is 1. The van der Waals surface area contributed by atoms with Crippen molar-refractivity contribution in [1.82, 2.24) is 0 Å². The molecule has 1 aromatic rings. The van der Waals surface area contributed by atoms with Crippen LogP contribution in [-0.2, 0) is 10.1 Å². The van der Waals surface area contributed by atoms with Crippen LogP contribution in [0.5, 0.6) is 5.75 Å². The summed E-state index contributed by atoms with van der Waals surface area (Å²) >= 11 is 0. The first-order chi connectivity index (χ1) is 7.69. The fourth-order valence-corrected chi connectivity index (χ4v) is 1.53. The molecule has 0 aliphatic rings. The summed E-state index contributed by atoms with van der Waals surface area (Å²) in [5.41, 5.74) is -5.42. The van der Waals surface area contributed by atoms with Crippen molar-refractivity contribution in [2.75, 3.05) is 0 Å². The molecule has 0 fully saturated rings. The highest BCUT2D eigenvalue weighted by atomic mass is 32.2. The molecule has 94 valence electrons. The normalized spacial score (nSPS) is 12.2. The fraction of sp³-hybridized carbons (Fsp3) is 0.222. The Labute approximate surface area is 95.1 Å². The quantitative estimate of drug-likeness (QED) is 0.478. The van der Waals surface area contributed by atoms with E-state index >= 15 is 0 Å². The Hall–Kier alpha value is -1.57. The second kappa shape index (κ2) is 4.36. The Morgan fingerprint density at radius 3 is 2.35 bits per heavy atom. The lowest BCUT2D eigenvalue weighted by molar-refractivity contribution is -0.0500. The molecule has 17 heavy (non-hydrogen) atoms. The van der Waals surface area contributed by atoms with Gasteiger partial charge in [-0.15, -0.1) is 0 Å². The van der Waals surface area contributed by atoms with Gasteiger partial charge in [-0.25, -0.2) is 0 Å². The van der Waals surface area contributed by atoms with E-state index in [0.29, 0.717) is 6.29 Å². The molecule has 0 bridgehead atoms. The van der Waals surface area contributed by atoms with Crippen LogP contribution in [0.2, 0.25) is 0 Å². The summed E-state index contributed by atoms with van der Waals surface area (Å²) in [6.45, 7) is 1.28. The van der Waals surface area contributed by atoms with Crippen LogP contribution >= 0.6 is 0 Å². The molecule has 8 heteroatoms. The van der Waals surface area contributed by atoms with Gasteiger partial charge in [-0.05, 0) is 13.0 Å². The van der Waals surface area contributed by atoms with Crippen molar-refractivity contribution in [3.05, 3.63) is 29.3 Å². The molecule has 1 rings (SSSR count). The highest BCUT2D eigenvalue weighted by Crippen LogP contribution is 2.29. The van der Waals surface area contributed by atoms with Gasteiger partial charge < -0.3 is 4.18 Å². The van der Waals surface area contributed by atoms with Gasteiger partial charge in [0.15, 0.2) is 0 Å². The Bertz CT molecular complexity index is 534. The smallest absolute Gasteiger partial charge is 0.376 e. The van der Waals surface area contributed by atoms with Crippen LogP contribution in [0.1, 0.15) is 15.9 Å². The van der Waals surface area contributed by atoms with E-state index in [1.807, 2.05) is 0 Å². The Morgan fingerprint density at radius 1 is 1.29 bits per heavy atom. The van der Waals surface area contributed by atoms with Gasteiger partial charge >= 0.3 is 15.6 Å². The number of halogens is 3. The number of aldehydes is 1. The lowest BCUT2D eigenvalue weighted by atomic mass is 10.1. The molecule has 0 aliphatic carbocycles. The van der Waals surface area contributed by atoms with Crippen molar-refractivity contribution in [2.24, 2.45) is 0 Å². The molecule has 0 atom stereocenters. The first kappa shape index (κ1) is 13.5. The van der Waals surface area contributed by atoms with Crippen LogP contribution in [0.15, 0.2) is 18.2 Å². The maximum absolute atomic E-state index is 12.1. The highest BCUT2D eigenvalue weighted by Gasteiger charge is 2.48. The average Bonchev–Trinajstić information content (AvgIpc) is 2.19. The third-order valence-electron chi connectivity index (χ3n) is 1.94. The largest absolute Gasteiger partial charge is 0.534 e. The molecule has 0 saturated heterocycles. The van der Waals surface area contributed by atoms with Gasteiger partial charge in [-0.1, -0.05) is 12.1 Å². The summed E-state index contributed by atoms with van der Waals surface area (Å²) in [4.78, 5) is 10.5. The maximum atomic E-state index is 12.1. The van der Waals surface area contributed by atoms with E-state index in [4.69, 9.17) is 0 Å². The third kappa shape index (κ3) is 2.76. The van der Waals surface area contributed by atoms with Gasteiger partial charge in [0.05, 0.1) is 0 Å². The Morgan fingerprint density at radius 2 is 1.88 bits per heavy atom. The van der Waals surface area contributed by atoms with E-state index in [-0.39, 0.29) is 11.1 Å². The van der Waals surface area contributed by atoms with Crippen LogP contribution in [0, 0.1) is 6.92 Å². The minimum Gasteiger partial charge on any atom is -0.376 e. The van der Waals surface area contributed by atoms with E-state index in [9.17, 15) is 26.4 Å². The zero-order valence-electron chi connectivity index (χ0n) is 8.48. The highest BCUT2D eigenvalue weighted by molar-refractivity contribution is 7.88. The van der Waals surface area contributed by atoms with Crippen molar-refractivity contribution >= 4 is 16.4 Å². The monoisotopic (exact) mass is 268 g/mol. The minimum absolute atomic E-state index is 0.0234. The molecule has 1 aromatic carbocycles. The third-order valence-corrected chi connectivity index (χ3v) is 2.90. The number of carbonyl (C=O) groups is 1. The molecule has 4 nitrogen and oxygen atoms in total. The number of hydrogen-bond donors (Lipinski definition) is 0. The summed E-state index contributed by atoms with van der Waals surface area (Å²) < 4.78 is 61.6. The fourth-order valence-electron chi connectivity index (χ4n) is 1.01. The molecule has 0 saturated carbocycles. The summed E-state index contributed by atoms with van der Waals surface area (Å²) in [7, 11) is -5.71. The van der Waals surface area contributed by atoms with E-state index < -0.39 is 21.4 Å². The summed E-state index contributed by atoms with van der Waals surface area (Å²) in [6.07, 6.45) is 0.391. The Balaban J connectivity index is 3.18. The molecule has 0 radical (unpaired) electrons. The summed E-state index contributed by atoms with van der Waals surface area (Å²) in [5.74, 6) is -0.521. The van der Waals surface area contributed by atoms with Gasteiger partial charge in [-0.2, -0.15) is 21.6 Å². The maximum Gasteiger partial charge on any atom is 0.534 e. The molecule has 0 spiro atoms. The van der Waals surface area contributed by atoms with E-state index in [1.165, 1.54) is 19.1 Å². The second-order valence-electron chi connectivity index (χ2n) is 3.07. The van der Waals surface area contributed by atoms with E-state index in [1.54, 1.807) is 0 Å². The van der Waals surface area contributed by atoms with Crippen LogP contribution < -0.4 is 4.18 Å². The van der Waals surface area contributed by atoms with Crippen LogP contribution in [-0.4, -0.2) is 20.2 Å². The molecule has 0 aromatic heterocycles. The van der Waals surface area contributed by atoms with Crippen molar-refractivity contribution in [1.29, 1.82) is 0 Å². The van der Waals surface area contributed by atoms with Crippen molar-refractivity contribution in [3.63, 3.8) is 0 Å². The van der Waals surface area contributed by atoms with Crippen molar-refractivity contribution < 1.29 is 30.6 Å². The first-order valence-electron chi connectivity index (χ1n) is 4.24. The SMILES string of the molecule is Cc1c(C=O)cccc1OS(=O)(=O)C(F)(F)F. The Kier molecular flexibility index (Phi) is 3.46. The van der Waals surface area contributed by atoms with Crippen molar-refractivity contribution in [3.8, 4) is 5.75 Å². The molecule has 0 unspecified atom stereocenters. The predicted molar refractivity (Wildman–Crippen MR) is 52.2 cm³/mol. The lowest BCUT2D eigenvalue weighted by Crippen LogP contribution is -2.28. The number of alkyl halides is 3. The number of rotatable bonds is 3. The minimum atomic E-state index is -5.71. The van der Waals surface area contributed by atoms with Gasteiger partial charge in [-0.3, -0.25) is 4.79 Å². The molecular formula is C9H7F3O4S. The predicted octanol–water partition coefficient (Wildman–Crippen LogP) is 2.04. The zero-order valence-corrected chi connectivity index (χ0v) is 9.30. The van der Waals surface area contributed by atoms with Gasteiger partial charge in [0, 0.05) is 11.1 Å². The van der Waals surface area contributed by atoms with E-state index in [0.717, 1.165) is 6.07 Å². The second-order valence-corrected chi connectivity index (χ2v) is 4.61. The van der Waals surface area contributed by atoms with Crippen molar-refractivity contribution in [2.45, 2.75) is 12.4 Å². The average molecular weight is 268 g/mol. The molecule has 0 N–H and O–H groups in total. The first-order valence-corrected chi connectivity index (χ1v) is 5.65. The van der Waals surface area contributed by atoms with E-state index in [2.05, 4.69) is 4.18 Å². The molecule has 0 aliphatic heterocycles. The van der Waals surface area contributed by atoms with Gasteiger partial charge in [0.2, 0.25) is 0 Å². The standard InChI is InChI=1S/C9H7F3O4S/c1-6-7(5-13)3-2-4-8(6)16-17(14,15)9(10,11)12/h2-5H,1H3. The number of carbonyl (C=O) groups excluding carboxylic acids is 1.